The summed E-state index contributed by atoms with van der Waals surface area (Å²) in [4.78, 5) is 31.9. The van der Waals surface area contributed by atoms with E-state index in [-0.39, 0.29) is 12.3 Å². The van der Waals surface area contributed by atoms with Crippen molar-refractivity contribution >= 4 is 18.1 Å². The molecule has 0 spiro atoms. The number of carbonyl (C=O) groups excluding carboxylic acids is 2. The van der Waals surface area contributed by atoms with Crippen LogP contribution in [0.25, 0.3) is 0 Å². The van der Waals surface area contributed by atoms with Gasteiger partial charge in [-0.05, 0) is 38.5 Å². The number of hydroxylamine groups is 2. The molecule has 1 saturated carbocycles. The van der Waals surface area contributed by atoms with Gasteiger partial charge in [0.1, 0.15) is 6.04 Å². The molecule has 1 aliphatic rings. The number of hydrogen-bond donors (Lipinski definition) is 3. The first kappa shape index (κ1) is 18.1. The van der Waals surface area contributed by atoms with Crippen LogP contribution in [0.3, 0.4) is 0 Å². The van der Waals surface area contributed by atoms with E-state index in [1.807, 2.05) is 0 Å². The Kier molecular flexibility index (Phi) is 6.08. The van der Waals surface area contributed by atoms with Crippen molar-refractivity contribution in [3.05, 3.63) is 17.6 Å². The molecule has 24 heavy (non-hydrogen) atoms. The number of hydrazine groups is 1. The van der Waals surface area contributed by atoms with Gasteiger partial charge in [0, 0.05) is 6.20 Å². The Morgan fingerprint density at radius 2 is 2.04 bits per heavy atom. The summed E-state index contributed by atoms with van der Waals surface area (Å²) in [6.45, 7) is 5.74. The molecule has 1 fully saturated rings. The molecule has 1 aromatic rings. The van der Waals surface area contributed by atoms with Gasteiger partial charge >= 0.3 is 0 Å². The molecule has 2 amide bonds. The van der Waals surface area contributed by atoms with Crippen LogP contribution >= 0.6 is 0 Å². The summed E-state index contributed by atoms with van der Waals surface area (Å²) in [6, 6.07) is -0.916. The fourth-order valence-electron chi connectivity index (χ4n) is 3.07. The van der Waals surface area contributed by atoms with Crippen LogP contribution in [0.5, 0.6) is 0 Å². The number of nitrogens with one attached hydrogen (secondary N) is 2. The average Bonchev–Trinajstić information content (AvgIpc) is 2.57. The van der Waals surface area contributed by atoms with Crippen LogP contribution < -0.4 is 10.9 Å². The van der Waals surface area contributed by atoms with Gasteiger partial charge in [0.2, 0.25) is 6.41 Å². The van der Waals surface area contributed by atoms with Crippen molar-refractivity contribution in [1.29, 1.82) is 0 Å². The smallest absolute Gasteiger partial charge is 0.264 e. The minimum atomic E-state index is -0.916. The van der Waals surface area contributed by atoms with Crippen LogP contribution in [-0.2, 0) is 9.59 Å². The van der Waals surface area contributed by atoms with Crippen LogP contribution in [0.2, 0.25) is 0 Å². The molecule has 1 heterocycles. The van der Waals surface area contributed by atoms with Gasteiger partial charge in [-0.3, -0.25) is 30.6 Å². The fourth-order valence-corrected chi connectivity index (χ4v) is 3.07. The molecule has 8 heteroatoms. The lowest BCUT2D eigenvalue weighted by Gasteiger charge is -2.34. The van der Waals surface area contributed by atoms with E-state index in [1.165, 1.54) is 0 Å². The summed E-state index contributed by atoms with van der Waals surface area (Å²) >= 11 is 0. The number of hydrogen-bond acceptors (Lipinski definition) is 6. The summed E-state index contributed by atoms with van der Waals surface area (Å²) in [7, 11) is 0. The molecule has 1 aromatic heterocycles. The molecule has 0 aromatic carbocycles. The maximum absolute atomic E-state index is 12.5. The molecule has 132 valence electrons. The Hall–Kier alpha value is -2.22. The van der Waals surface area contributed by atoms with E-state index < -0.39 is 11.9 Å². The topological polar surface area (TPSA) is 107 Å². The second kappa shape index (κ2) is 8.05. The van der Waals surface area contributed by atoms with Crippen molar-refractivity contribution in [2.24, 2.45) is 11.8 Å². The third-order valence-corrected chi connectivity index (χ3v) is 4.55. The third-order valence-electron chi connectivity index (χ3n) is 4.55. The van der Waals surface area contributed by atoms with Crippen LogP contribution in [0.4, 0.5) is 5.82 Å². The Bertz CT molecular complexity index is 587. The lowest BCUT2D eigenvalue weighted by atomic mass is 9.79. The molecule has 0 bridgehead atoms. The molecule has 0 aliphatic heterocycles. The molecule has 2 rings (SSSR count). The molecule has 1 aliphatic carbocycles. The van der Waals surface area contributed by atoms with Crippen LogP contribution in [0, 0.1) is 25.7 Å². The highest BCUT2D eigenvalue weighted by Crippen LogP contribution is 2.32. The summed E-state index contributed by atoms with van der Waals surface area (Å²) in [5.41, 5.74) is 6.63. The van der Waals surface area contributed by atoms with Gasteiger partial charge in [-0.2, -0.15) is 0 Å². The molecular weight excluding hydrogens is 310 g/mol. The maximum atomic E-state index is 12.5. The Labute approximate surface area is 141 Å². The predicted molar refractivity (Wildman–Crippen MR) is 87.9 cm³/mol. The van der Waals surface area contributed by atoms with Gasteiger partial charge in [0.05, 0.1) is 11.4 Å². The van der Waals surface area contributed by atoms with Gasteiger partial charge in [0.15, 0.2) is 5.82 Å². The van der Waals surface area contributed by atoms with Crippen molar-refractivity contribution in [1.82, 2.24) is 20.5 Å². The number of aryl methyl sites for hydroxylation is 2. The minimum Gasteiger partial charge on any atom is -0.285 e. The Morgan fingerprint density at radius 3 is 2.67 bits per heavy atom. The number of anilines is 1. The standard InChI is InChI=1S/C16H25N5O3/c1-10-4-6-13(7-5-10)14(21(24)9-22)16(23)20-19-15-12(3)17-8-11(2)18-15/h8-10,13-14,24H,4-7H2,1-3H3,(H,18,19)(H,20,23). The van der Waals surface area contributed by atoms with E-state index in [1.54, 1.807) is 20.0 Å². The van der Waals surface area contributed by atoms with Gasteiger partial charge in [-0.15, -0.1) is 0 Å². The van der Waals surface area contributed by atoms with E-state index >= 15 is 0 Å². The number of carbonyl (C=O) groups is 2. The van der Waals surface area contributed by atoms with Crippen LogP contribution in [0.1, 0.15) is 44.0 Å². The van der Waals surface area contributed by atoms with Gasteiger partial charge in [-0.1, -0.05) is 19.8 Å². The number of nitrogens with zero attached hydrogens (tertiary/aromatic N) is 3. The second-order valence-corrected chi connectivity index (χ2v) is 6.51. The van der Waals surface area contributed by atoms with E-state index in [9.17, 15) is 14.8 Å². The monoisotopic (exact) mass is 335 g/mol. The highest BCUT2D eigenvalue weighted by atomic mass is 16.5. The van der Waals surface area contributed by atoms with Crippen LogP contribution in [0.15, 0.2) is 6.20 Å². The summed E-state index contributed by atoms with van der Waals surface area (Å²) in [5.74, 6) is 0.515. The summed E-state index contributed by atoms with van der Waals surface area (Å²) < 4.78 is 0. The van der Waals surface area contributed by atoms with Crippen LogP contribution in [-0.4, -0.2) is 38.6 Å². The molecule has 8 nitrogen and oxygen atoms in total. The molecule has 0 radical (unpaired) electrons. The third kappa shape index (κ3) is 4.41. The molecule has 1 atom stereocenters. The lowest BCUT2D eigenvalue weighted by molar-refractivity contribution is -0.173. The fraction of sp³-hybridized carbons (Fsp3) is 0.625. The first-order valence-electron chi connectivity index (χ1n) is 8.21. The normalized spacial score (nSPS) is 21.7. The number of amides is 2. The first-order valence-corrected chi connectivity index (χ1v) is 8.21. The molecule has 3 N–H and O–H groups in total. The van der Waals surface area contributed by atoms with Crippen molar-refractivity contribution in [2.45, 2.75) is 52.5 Å². The second-order valence-electron chi connectivity index (χ2n) is 6.51. The van der Waals surface area contributed by atoms with Crippen molar-refractivity contribution < 1.29 is 14.8 Å². The molecule has 0 saturated heterocycles. The predicted octanol–water partition coefficient (Wildman–Crippen LogP) is 1.58. The maximum Gasteiger partial charge on any atom is 0.264 e. The SMILES string of the molecule is Cc1cnc(C)c(NNC(=O)C(C2CCC(C)CC2)N(O)C=O)n1. The Morgan fingerprint density at radius 1 is 1.38 bits per heavy atom. The minimum absolute atomic E-state index is 0.0668. The highest BCUT2D eigenvalue weighted by Gasteiger charge is 2.35. The highest BCUT2D eigenvalue weighted by molar-refractivity contribution is 5.84. The van der Waals surface area contributed by atoms with Crippen molar-refractivity contribution in [3.63, 3.8) is 0 Å². The van der Waals surface area contributed by atoms with E-state index in [0.29, 0.717) is 28.2 Å². The van der Waals surface area contributed by atoms with Gasteiger partial charge in [-0.25, -0.2) is 10.0 Å². The lowest BCUT2D eigenvalue weighted by Crippen LogP contribution is -2.51. The van der Waals surface area contributed by atoms with E-state index in [0.717, 1.165) is 25.7 Å². The van der Waals surface area contributed by atoms with E-state index in [4.69, 9.17) is 0 Å². The van der Waals surface area contributed by atoms with Gasteiger partial charge < -0.3 is 0 Å². The molecule has 1 unspecified atom stereocenters. The number of aromatic nitrogens is 2. The van der Waals surface area contributed by atoms with Gasteiger partial charge in [0.25, 0.3) is 5.91 Å². The zero-order valence-electron chi connectivity index (χ0n) is 14.3. The zero-order valence-corrected chi connectivity index (χ0v) is 14.3. The van der Waals surface area contributed by atoms with Crippen molar-refractivity contribution in [3.8, 4) is 0 Å². The largest absolute Gasteiger partial charge is 0.285 e. The first-order chi connectivity index (χ1) is 11.4. The summed E-state index contributed by atoms with van der Waals surface area (Å²) in [6.07, 6.45) is 5.48. The quantitative estimate of drug-likeness (QED) is 0.414. The summed E-state index contributed by atoms with van der Waals surface area (Å²) in [5, 5.41) is 10.3. The Balaban J connectivity index is 2.05. The molecular formula is C16H25N5O3. The number of rotatable bonds is 6. The zero-order chi connectivity index (χ0) is 17.7. The average molecular weight is 335 g/mol. The van der Waals surface area contributed by atoms with Crippen molar-refractivity contribution in [2.75, 3.05) is 5.43 Å². The van der Waals surface area contributed by atoms with E-state index in [2.05, 4.69) is 27.7 Å².